The van der Waals surface area contributed by atoms with Gasteiger partial charge in [0, 0.05) is 31.9 Å². The van der Waals surface area contributed by atoms with Gasteiger partial charge in [0.25, 0.3) is 5.91 Å². The molecule has 1 aromatic carbocycles. The summed E-state index contributed by atoms with van der Waals surface area (Å²) in [5.74, 6) is -0.305. The Bertz CT molecular complexity index is 862. The SMILES string of the molecule is CCO[C@@H]1C[C@H](NC(=O)c2cccc(S(=O)(=O)NC[C@H]3CCCO3)c2)[C@]12CCCO2. The highest BCUT2D eigenvalue weighted by molar-refractivity contribution is 7.89. The van der Waals surface area contributed by atoms with E-state index in [-0.39, 0.29) is 35.6 Å². The van der Waals surface area contributed by atoms with E-state index in [2.05, 4.69) is 10.0 Å². The molecular weight excluding hydrogens is 408 g/mol. The van der Waals surface area contributed by atoms with E-state index in [4.69, 9.17) is 14.2 Å². The molecule has 3 fully saturated rings. The normalized spacial score (nSPS) is 31.0. The Kier molecular flexibility index (Phi) is 6.45. The van der Waals surface area contributed by atoms with Crippen LogP contribution in [-0.2, 0) is 24.2 Å². The Morgan fingerprint density at radius 2 is 2.17 bits per heavy atom. The van der Waals surface area contributed by atoms with Gasteiger partial charge in [-0.3, -0.25) is 4.79 Å². The van der Waals surface area contributed by atoms with Gasteiger partial charge in [0.1, 0.15) is 5.60 Å². The molecule has 4 rings (SSSR count). The van der Waals surface area contributed by atoms with Crippen molar-refractivity contribution in [2.45, 2.75) is 67.8 Å². The van der Waals surface area contributed by atoms with Crippen molar-refractivity contribution in [1.29, 1.82) is 0 Å². The molecule has 3 aliphatic rings. The van der Waals surface area contributed by atoms with Crippen LogP contribution < -0.4 is 10.0 Å². The Morgan fingerprint density at radius 1 is 1.30 bits per heavy atom. The van der Waals surface area contributed by atoms with E-state index in [9.17, 15) is 13.2 Å². The van der Waals surface area contributed by atoms with E-state index in [1.165, 1.54) is 12.1 Å². The van der Waals surface area contributed by atoms with Gasteiger partial charge < -0.3 is 19.5 Å². The summed E-state index contributed by atoms with van der Waals surface area (Å²) in [5, 5.41) is 3.03. The standard InChI is InChI=1S/C21H30N2O6S/c1-2-27-19-13-18(21(19)9-5-11-29-21)23-20(24)15-6-3-8-17(12-15)30(25,26)22-14-16-7-4-10-28-16/h3,6,8,12,16,18-19,22H,2,4-5,7,9-11,13-14H2,1H3,(H,23,24)/t16-,18+,19-,21-/m1/s1. The van der Waals surface area contributed by atoms with Gasteiger partial charge >= 0.3 is 0 Å². The van der Waals surface area contributed by atoms with Crippen LogP contribution in [0.2, 0.25) is 0 Å². The van der Waals surface area contributed by atoms with Gasteiger partial charge in [0.15, 0.2) is 0 Å². The summed E-state index contributed by atoms with van der Waals surface area (Å²) in [6, 6.07) is 5.97. The van der Waals surface area contributed by atoms with Crippen molar-refractivity contribution in [2.24, 2.45) is 0 Å². The molecule has 1 amide bonds. The third-order valence-electron chi connectivity index (χ3n) is 6.27. The molecule has 2 N–H and O–H groups in total. The molecule has 4 atom stereocenters. The lowest BCUT2D eigenvalue weighted by molar-refractivity contribution is -0.194. The van der Waals surface area contributed by atoms with Crippen molar-refractivity contribution < 1.29 is 27.4 Å². The highest BCUT2D eigenvalue weighted by atomic mass is 32.2. The van der Waals surface area contributed by atoms with Crippen LogP contribution in [0.3, 0.4) is 0 Å². The van der Waals surface area contributed by atoms with Crippen LogP contribution in [0.4, 0.5) is 0 Å². The van der Waals surface area contributed by atoms with Gasteiger partial charge in [0.2, 0.25) is 10.0 Å². The molecule has 2 aliphatic heterocycles. The quantitative estimate of drug-likeness (QED) is 0.639. The van der Waals surface area contributed by atoms with Crippen molar-refractivity contribution in [3.63, 3.8) is 0 Å². The molecule has 30 heavy (non-hydrogen) atoms. The Balaban J connectivity index is 1.41. The van der Waals surface area contributed by atoms with Gasteiger partial charge in [-0.15, -0.1) is 0 Å². The Morgan fingerprint density at radius 3 is 2.87 bits per heavy atom. The highest BCUT2D eigenvalue weighted by Crippen LogP contribution is 2.45. The first kappa shape index (κ1) is 21.7. The van der Waals surface area contributed by atoms with Crippen LogP contribution in [0.1, 0.15) is 49.4 Å². The van der Waals surface area contributed by atoms with E-state index >= 15 is 0 Å². The van der Waals surface area contributed by atoms with E-state index in [0.29, 0.717) is 31.8 Å². The first-order valence-electron chi connectivity index (χ1n) is 10.7. The fraction of sp³-hybridized carbons (Fsp3) is 0.667. The lowest BCUT2D eigenvalue weighted by Gasteiger charge is -2.52. The summed E-state index contributed by atoms with van der Waals surface area (Å²) in [5.41, 5.74) is -0.152. The average Bonchev–Trinajstić information content (AvgIpc) is 3.45. The Labute approximate surface area is 177 Å². The number of ether oxygens (including phenoxy) is 3. The molecule has 1 aromatic rings. The van der Waals surface area contributed by atoms with Gasteiger partial charge in [-0.2, -0.15) is 0 Å². The smallest absolute Gasteiger partial charge is 0.251 e. The highest BCUT2D eigenvalue weighted by Gasteiger charge is 2.59. The maximum atomic E-state index is 12.9. The molecule has 1 spiro atoms. The number of carbonyl (C=O) groups excluding carboxylic acids is 1. The molecule has 2 heterocycles. The minimum atomic E-state index is -3.72. The lowest BCUT2D eigenvalue weighted by Crippen LogP contribution is -2.69. The zero-order chi connectivity index (χ0) is 21.2. The summed E-state index contributed by atoms with van der Waals surface area (Å²) in [6.07, 6.45) is 4.18. The van der Waals surface area contributed by atoms with E-state index in [0.717, 1.165) is 25.7 Å². The molecule has 9 heteroatoms. The van der Waals surface area contributed by atoms with Crippen LogP contribution in [0.5, 0.6) is 0 Å². The van der Waals surface area contributed by atoms with E-state index in [1.807, 2.05) is 6.92 Å². The number of amides is 1. The first-order chi connectivity index (χ1) is 14.4. The average molecular weight is 439 g/mol. The van der Waals surface area contributed by atoms with E-state index in [1.54, 1.807) is 12.1 Å². The summed E-state index contributed by atoms with van der Waals surface area (Å²) in [6.45, 7) is 4.13. The van der Waals surface area contributed by atoms with Crippen molar-refractivity contribution in [3.05, 3.63) is 29.8 Å². The van der Waals surface area contributed by atoms with Crippen molar-refractivity contribution in [3.8, 4) is 0 Å². The fourth-order valence-corrected chi connectivity index (χ4v) is 5.73. The topological polar surface area (TPSA) is 103 Å². The van der Waals surface area contributed by atoms with Crippen molar-refractivity contribution in [2.75, 3.05) is 26.4 Å². The molecular formula is C21H30N2O6S. The monoisotopic (exact) mass is 438 g/mol. The zero-order valence-electron chi connectivity index (χ0n) is 17.3. The largest absolute Gasteiger partial charge is 0.377 e. The first-order valence-corrected chi connectivity index (χ1v) is 12.2. The Hall–Kier alpha value is -1.52. The minimum Gasteiger partial charge on any atom is -0.377 e. The number of nitrogens with one attached hydrogen (secondary N) is 2. The van der Waals surface area contributed by atoms with Gasteiger partial charge in [-0.05, 0) is 57.2 Å². The van der Waals surface area contributed by atoms with Crippen LogP contribution in [0.15, 0.2) is 29.2 Å². The fourth-order valence-electron chi connectivity index (χ4n) is 4.62. The number of hydrogen-bond acceptors (Lipinski definition) is 6. The molecule has 0 radical (unpaired) electrons. The van der Waals surface area contributed by atoms with Gasteiger partial charge in [-0.25, -0.2) is 13.1 Å². The maximum Gasteiger partial charge on any atom is 0.251 e. The van der Waals surface area contributed by atoms with Crippen molar-refractivity contribution in [1.82, 2.24) is 10.0 Å². The summed E-state index contributed by atoms with van der Waals surface area (Å²) >= 11 is 0. The molecule has 2 saturated heterocycles. The second kappa shape index (κ2) is 8.92. The number of rotatable bonds is 8. The summed E-state index contributed by atoms with van der Waals surface area (Å²) in [7, 11) is -3.72. The maximum absolute atomic E-state index is 12.9. The molecule has 0 bridgehead atoms. The third-order valence-corrected chi connectivity index (χ3v) is 7.69. The second-order valence-electron chi connectivity index (χ2n) is 8.13. The lowest BCUT2D eigenvalue weighted by atomic mass is 9.70. The number of hydrogen-bond donors (Lipinski definition) is 2. The molecule has 1 aliphatic carbocycles. The number of carbonyl (C=O) groups is 1. The van der Waals surface area contributed by atoms with Crippen LogP contribution in [0, 0.1) is 0 Å². The summed E-state index contributed by atoms with van der Waals surface area (Å²) in [4.78, 5) is 12.9. The van der Waals surface area contributed by atoms with Crippen molar-refractivity contribution >= 4 is 15.9 Å². The van der Waals surface area contributed by atoms with Crippen LogP contribution >= 0.6 is 0 Å². The number of sulfonamides is 1. The van der Waals surface area contributed by atoms with Crippen LogP contribution in [-0.4, -0.2) is 64.5 Å². The molecule has 8 nitrogen and oxygen atoms in total. The minimum absolute atomic E-state index is 0.0102. The third kappa shape index (κ3) is 4.27. The molecule has 166 valence electrons. The number of benzene rings is 1. The zero-order valence-corrected chi connectivity index (χ0v) is 18.1. The van der Waals surface area contributed by atoms with Gasteiger partial charge in [-0.1, -0.05) is 6.07 Å². The predicted molar refractivity (Wildman–Crippen MR) is 110 cm³/mol. The predicted octanol–water partition coefficient (Wildman–Crippen LogP) is 1.60. The molecule has 1 saturated carbocycles. The van der Waals surface area contributed by atoms with Crippen LogP contribution in [0.25, 0.3) is 0 Å². The molecule has 0 aromatic heterocycles. The molecule has 0 unspecified atom stereocenters. The van der Waals surface area contributed by atoms with Gasteiger partial charge in [0.05, 0.1) is 23.1 Å². The second-order valence-corrected chi connectivity index (χ2v) is 9.89. The van der Waals surface area contributed by atoms with E-state index < -0.39 is 15.6 Å². The summed E-state index contributed by atoms with van der Waals surface area (Å²) < 4.78 is 45.1.